The molecule has 0 saturated heterocycles. The van der Waals surface area contributed by atoms with Gasteiger partial charge in [-0.2, -0.15) is 4.72 Å². The van der Waals surface area contributed by atoms with Crippen molar-refractivity contribution >= 4 is 22.0 Å². The molecule has 0 heterocycles. The van der Waals surface area contributed by atoms with E-state index in [1.54, 1.807) is 13.8 Å². The molecule has 0 saturated carbocycles. The second-order valence-corrected chi connectivity index (χ2v) is 6.06. The lowest BCUT2D eigenvalue weighted by Crippen LogP contribution is -2.49. The molecule has 18 heavy (non-hydrogen) atoms. The van der Waals surface area contributed by atoms with E-state index in [0.29, 0.717) is 6.42 Å². The molecule has 0 amide bonds. The zero-order valence-corrected chi connectivity index (χ0v) is 11.7. The Labute approximate surface area is 107 Å². The number of hydrogen-bond donors (Lipinski definition) is 2. The highest BCUT2D eigenvalue weighted by Gasteiger charge is 2.35. The summed E-state index contributed by atoms with van der Waals surface area (Å²) in [6.07, 6.45) is 0.545. The van der Waals surface area contributed by atoms with Crippen molar-refractivity contribution in [3.63, 3.8) is 0 Å². The molecule has 106 valence electrons. The molecule has 0 bridgehead atoms. The summed E-state index contributed by atoms with van der Waals surface area (Å²) in [5.74, 6) is -2.51. The van der Waals surface area contributed by atoms with Crippen molar-refractivity contribution in [3.05, 3.63) is 0 Å². The average molecular weight is 281 g/mol. The van der Waals surface area contributed by atoms with Crippen LogP contribution in [0.25, 0.3) is 0 Å². The van der Waals surface area contributed by atoms with Gasteiger partial charge in [0.15, 0.2) is 5.25 Å². The number of hydrogen-bond acceptors (Lipinski definition) is 5. The number of sulfonamides is 1. The summed E-state index contributed by atoms with van der Waals surface area (Å²) in [5, 5.41) is 7.06. The largest absolute Gasteiger partial charge is 0.480 e. The lowest BCUT2D eigenvalue weighted by atomic mass is 10.0. The number of carboxylic acid groups (broad SMARTS) is 1. The Balaban J connectivity index is 5.10. The number of ether oxygens (including phenoxy) is 1. The smallest absolute Gasteiger partial charge is 0.324 e. The molecule has 2 N–H and O–H groups in total. The fourth-order valence-electron chi connectivity index (χ4n) is 1.17. The molecule has 0 aliphatic carbocycles. The molecule has 3 unspecified atom stereocenters. The summed E-state index contributed by atoms with van der Waals surface area (Å²) < 4.78 is 30.0. The van der Waals surface area contributed by atoms with Crippen molar-refractivity contribution in [3.8, 4) is 0 Å². The first-order valence-corrected chi connectivity index (χ1v) is 7.03. The van der Waals surface area contributed by atoms with E-state index in [-0.39, 0.29) is 5.92 Å². The molecule has 0 aliphatic rings. The molecule has 0 spiro atoms. The van der Waals surface area contributed by atoms with Gasteiger partial charge in [-0.1, -0.05) is 20.3 Å². The average Bonchev–Trinajstić information content (AvgIpc) is 2.32. The third-order valence-corrected chi connectivity index (χ3v) is 4.49. The van der Waals surface area contributed by atoms with Gasteiger partial charge in [0.1, 0.15) is 6.04 Å². The lowest BCUT2D eigenvalue weighted by molar-refractivity contribution is -0.144. The quantitative estimate of drug-likeness (QED) is 0.634. The number of carboxylic acids is 1. The van der Waals surface area contributed by atoms with E-state index in [1.165, 1.54) is 0 Å². The van der Waals surface area contributed by atoms with Crippen LogP contribution in [-0.2, 0) is 24.3 Å². The highest BCUT2D eigenvalue weighted by molar-refractivity contribution is 7.90. The monoisotopic (exact) mass is 281 g/mol. The molecular formula is C10H19NO6S. The lowest BCUT2D eigenvalue weighted by Gasteiger charge is -2.22. The van der Waals surface area contributed by atoms with Crippen molar-refractivity contribution in [1.29, 1.82) is 0 Å². The van der Waals surface area contributed by atoms with Gasteiger partial charge in [-0.3, -0.25) is 9.59 Å². The van der Waals surface area contributed by atoms with E-state index in [1.807, 2.05) is 0 Å². The van der Waals surface area contributed by atoms with Crippen molar-refractivity contribution in [2.75, 3.05) is 7.11 Å². The Morgan fingerprint density at radius 1 is 1.33 bits per heavy atom. The van der Waals surface area contributed by atoms with E-state index < -0.39 is 33.3 Å². The molecule has 0 aromatic heterocycles. The minimum Gasteiger partial charge on any atom is -0.480 e. The Bertz CT molecular complexity index is 405. The first-order valence-electron chi connectivity index (χ1n) is 5.49. The van der Waals surface area contributed by atoms with Crippen LogP contribution in [0.4, 0.5) is 0 Å². The number of aliphatic carboxylic acids is 1. The van der Waals surface area contributed by atoms with E-state index in [9.17, 15) is 18.0 Å². The number of methoxy groups -OCH3 is 1. The predicted molar refractivity (Wildman–Crippen MR) is 64.4 cm³/mol. The van der Waals surface area contributed by atoms with Gasteiger partial charge in [0.05, 0.1) is 7.11 Å². The first kappa shape index (κ1) is 16.9. The Kier molecular flexibility index (Phi) is 6.27. The fourth-order valence-corrected chi connectivity index (χ4v) is 2.32. The number of nitrogens with one attached hydrogen (secondary N) is 1. The summed E-state index contributed by atoms with van der Waals surface area (Å²) in [6.45, 7) is 4.50. The second-order valence-electron chi connectivity index (χ2n) is 4.03. The molecule has 0 rings (SSSR count). The fraction of sp³-hybridized carbons (Fsp3) is 0.800. The molecule has 7 nitrogen and oxygen atoms in total. The Hall–Kier alpha value is -1.15. The number of rotatable bonds is 7. The van der Waals surface area contributed by atoms with Crippen LogP contribution < -0.4 is 4.72 Å². The predicted octanol–water partition coefficient (Wildman–Crippen LogP) is -0.0334. The van der Waals surface area contributed by atoms with Gasteiger partial charge in [-0.05, 0) is 12.8 Å². The Morgan fingerprint density at radius 2 is 1.83 bits per heavy atom. The molecule has 0 aromatic carbocycles. The standard InChI is InChI=1S/C10H19NO6S/c1-5-6(2)8(10(14)17-4)11-18(15,16)7(3)9(12)13/h6-8,11H,5H2,1-4H3,(H,12,13). The van der Waals surface area contributed by atoms with Crippen molar-refractivity contribution in [2.45, 2.75) is 38.5 Å². The van der Waals surface area contributed by atoms with Crippen LogP contribution in [0.1, 0.15) is 27.2 Å². The van der Waals surface area contributed by atoms with Gasteiger partial charge in [-0.15, -0.1) is 0 Å². The highest BCUT2D eigenvalue weighted by Crippen LogP contribution is 2.12. The van der Waals surface area contributed by atoms with Crippen LogP contribution in [-0.4, -0.2) is 43.9 Å². The summed E-state index contributed by atoms with van der Waals surface area (Å²) >= 11 is 0. The third-order valence-electron chi connectivity index (χ3n) is 2.77. The van der Waals surface area contributed by atoms with Gasteiger partial charge in [-0.25, -0.2) is 8.42 Å². The molecule has 0 radical (unpaired) electrons. The van der Waals surface area contributed by atoms with Crippen LogP contribution in [0.3, 0.4) is 0 Å². The van der Waals surface area contributed by atoms with Gasteiger partial charge in [0.2, 0.25) is 10.0 Å². The molecule has 8 heteroatoms. The zero-order valence-electron chi connectivity index (χ0n) is 10.8. The maximum Gasteiger partial charge on any atom is 0.324 e. The van der Waals surface area contributed by atoms with Crippen LogP contribution in [0.2, 0.25) is 0 Å². The molecule has 0 aromatic rings. The summed E-state index contributed by atoms with van der Waals surface area (Å²) in [4.78, 5) is 22.2. The third kappa shape index (κ3) is 4.26. The first-order chi connectivity index (χ1) is 8.17. The van der Waals surface area contributed by atoms with Crippen LogP contribution in [0, 0.1) is 5.92 Å². The minimum absolute atomic E-state index is 0.298. The maximum absolute atomic E-state index is 11.7. The number of carbonyl (C=O) groups is 2. The molecule has 3 atom stereocenters. The minimum atomic E-state index is -4.12. The summed E-state index contributed by atoms with van der Waals surface area (Å²) in [6, 6.07) is -1.08. The van der Waals surface area contributed by atoms with Gasteiger partial charge >= 0.3 is 11.9 Å². The van der Waals surface area contributed by atoms with Crippen LogP contribution in [0.5, 0.6) is 0 Å². The van der Waals surface area contributed by atoms with Crippen molar-refractivity contribution in [2.24, 2.45) is 5.92 Å². The summed E-state index contributed by atoms with van der Waals surface area (Å²) in [5.41, 5.74) is 0. The van der Waals surface area contributed by atoms with Crippen LogP contribution in [0.15, 0.2) is 0 Å². The van der Waals surface area contributed by atoms with Gasteiger partial charge in [0, 0.05) is 0 Å². The zero-order chi connectivity index (χ0) is 14.5. The second kappa shape index (κ2) is 6.69. The number of esters is 1. The Morgan fingerprint density at radius 3 is 2.17 bits per heavy atom. The topological polar surface area (TPSA) is 110 Å². The molecule has 0 fully saturated rings. The van der Waals surface area contributed by atoms with E-state index in [0.717, 1.165) is 14.0 Å². The SMILES string of the molecule is CCC(C)C(NS(=O)(=O)C(C)C(=O)O)C(=O)OC. The highest BCUT2D eigenvalue weighted by atomic mass is 32.2. The molecular weight excluding hydrogens is 262 g/mol. The van der Waals surface area contributed by atoms with E-state index in [2.05, 4.69) is 9.46 Å². The van der Waals surface area contributed by atoms with E-state index >= 15 is 0 Å². The maximum atomic E-state index is 11.7. The normalized spacial score (nSPS) is 16.7. The summed E-state index contributed by atoms with van der Waals surface area (Å²) in [7, 11) is -2.97. The molecule has 0 aliphatic heterocycles. The van der Waals surface area contributed by atoms with Crippen molar-refractivity contribution < 1.29 is 27.9 Å². The van der Waals surface area contributed by atoms with Crippen LogP contribution >= 0.6 is 0 Å². The van der Waals surface area contributed by atoms with Gasteiger partial charge < -0.3 is 9.84 Å². The number of carbonyl (C=O) groups excluding carboxylic acids is 1. The van der Waals surface area contributed by atoms with E-state index in [4.69, 9.17) is 5.11 Å². The van der Waals surface area contributed by atoms with Crippen molar-refractivity contribution in [1.82, 2.24) is 4.72 Å². The van der Waals surface area contributed by atoms with Gasteiger partial charge in [0.25, 0.3) is 0 Å².